The molecule has 2 fully saturated rings. The molecule has 0 atom stereocenters. The Hall–Kier alpha value is -2.54. The van der Waals surface area contributed by atoms with Crippen molar-refractivity contribution in [1.82, 2.24) is 19.9 Å². The number of carboxylic acids is 1. The first-order chi connectivity index (χ1) is 15.1. The third-order valence-corrected chi connectivity index (χ3v) is 6.16. The van der Waals surface area contributed by atoms with Gasteiger partial charge in [-0.05, 0) is 6.92 Å². The van der Waals surface area contributed by atoms with Crippen LogP contribution in [0.1, 0.15) is 15.4 Å². The third kappa shape index (κ3) is 5.79. The van der Waals surface area contributed by atoms with Gasteiger partial charge in [0.25, 0.3) is 0 Å². The van der Waals surface area contributed by atoms with Crippen molar-refractivity contribution in [3.8, 4) is 0 Å². The van der Waals surface area contributed by atoms with Crippen LogP contribution in [0.3, 0.4) is 0 Å². The number of carbonyl (C=O) groups is 1. The van der Waals surface area contributed by atoms with Gasteiger partial charge in [0.2, 0.25) is 5.95 Å². The Morgan fingerprint density at radius 3 is 2.52 bits per heavy atom. The van der Waals surface area contributed by atoms with Gasteiger partial charge in [0.15, 0.2) is 5.13 Å². The van der Waals surface area contributed by atoms with Gasteiger partial charge in [-0.1, -0.05) is 11.3 Å². The van der Waals surface area contributed by atoms with Crippen molar-refractivity contribution in [2.75, 3.05) is 81.2 Å². The number of hydrogen-bond donors (Lipinski definition) is 3. The molecule has 0 saturated carbocycles. The number of hydrogen-bond acceptors (Lipinski definition) is 11. The standard InChI is InChI=1S/C19H27N7O4S/c1-13-16(17(27)28)31-19(21-13)24-18-22-14(20-2-3-25-4-8-29-9-5-25)12-15(23-18)26-6-10-30-11-7-26/h12H,2-11H2,1H3,(H,27,28)(H2,20,21,22,23,24). The summed E-state index contributed by atoms with van der Waals surface area (Å²) >= 11 is 1.07. The topological polar surface area (TPSA) is 125 Å². The molecule has 168 valence electrons. The van der Waals surface area contributed by atoms with E-state index >= 15 is 0 Å². The summed E-state index contributed by atoms with van der Waals surface area (Å²) in [6, 6.07) is 1.94. The maximum atomic E-state index is 11.3. The van der Waals surface area contributed by atoms with Crippen molar-refractivity contribution in [3.05, 3.63) is 16.6 Å². The van der Waals surface area contributed by atoms with Gasteiger partial charge >= 0.3 is 5.97 Å². The molecule has 3 N–H and O–H groups in total. The predicted molar refractivity (Wildman–Crippen MR) is 118 cm³/mol. The van der Waals surface area contributed by atoms with E-state index in [4.69, 9.17) is 9.47 Å². The van der Waals surface area contributed by atoms with Crippen LogP contribution < -0.4 is 15.5 Å². The molecule has 12 heteroatoms. The van der Waals surface area contributed by atoms with E-state index in [-0.39, 0.29) is 4.88 Å². The lowest BCUT2D eigenvalue weighted by molar-refractivity contribution is 0.0398. The number of aromatic nitrogens is 3. The summed E-state index contributed by atoms with van der Waals surface area (Å²) in [7, 11) is 0. The van der Waals surface area contributed by atoms with E-state index in [1.54, 1.807) is 6.92 Å². The Morgan fingerprint density at radius 1 is 1.13 bits per heavy atom. The molecule has 2 aliphatic heterocycles. The SMILES string of the molecule is Cc1nc(Nc2nc(NCCN3CCOCC3)cc(N3CCOCC3)n2)sc1C(=O)O. The quantitative estimate of drug-likeness (QED) is 0.539. The largest absolute Gasteiger partial charge is 0.477 e. The van der Waals surface area contributed by atoms with Crippen LogP contribution in [0.4, 0.5) is 22.7 Å². The maximum absolute atomic E-state index is 11.3. The minimum Gasteiger partial charge on any atom is -0.477 e. The van der Waals surface area contributed by atoms with Gasteiger partial charge in [0.1, 0.15) is 16.5 Å². The lowest BCUT2D eigenvalue weighted by Gasteiger charge is -2.28. The number of nitrogens with zero attached hydrogens (tertiary/aromatic N) is 5. The zero-order valence-corrected chi connectivity index (χ0v) is 18.3. The first-order valence-electron chi connectivity index (χ1n) is 10.3. The Bertz CT molecular complexity index is 897. The second-order valence-electron chi connectivity index (χ2n) is 7.28. The zero-order valence-electron chi connectivity index (χ0n) is 17.5. The van der Waals surface area contributed by atoms with Crippen LogP contribution in [-0.2, 0) is 9.47 Å². The molecule has 4 rings (SSSR count). The lowest BCUT2D eigenvalue weighted by atomic mass is 10.4. The summed E-state index contributed by atoms with van der Waals surface area (Å²) in [5, 5.41) is 16.2. The molecule has 4 heterocycles. The van der Waals surface area contributed by atoms with Gasteiger partial charge < -0.3 is 24.8 Å². The fourth-order valence-corrected chi connectivity index (χ4v) is 4.25. The van der Waals surface area contributed by atoms with Gasteiger partial charge in [-0.3, -0.25) is 10.2 Å². The van der Waals surface area contributed by atoms with Crippen molar-refractivity contribution in [2.45, 2.75) is 6.92 Å². The molecular formula is C19H27N7O4S. The number of thiazole rings is 1. The number of aromatic carboxylic acids is 1. The van der Waals surface area contributed by atoms with Crippen molar-refractivity contribution < 1.29 is 19.4 Å². The minimum absolute atomic E-state index is 0.204. The van der Waals surface area contributed by atoms with Gasteiger partial charge in [-0.25, -0.2) is 9.78 Å². The third-order valence-electron chi connectivity index (χ3n) is 5.10. The second kappa shape index (κ2) is 10.2. The molecule has 0 radical (unpaired) electrons. The van der Waals surface area contributed by atoms with Crippen LogP contribution in [0.5, 0.6) is 0 Å². The number of aryl methyl sites for hydroxylation is 1. The Kier molecular flexibility index (Phi) is 7.12. The van der Waals surface area contributed by atoms with Crippen LogP contribution in [0.15, 0.2) is 6.07 Å². The van der Waals surface area contributed by atoms with Crippen molar-refractivity contribution in [3.63, 3.8) is 0 Å². The van der Waals surface area contributed by atoms with E-state index in [0.29, 0.717) is 35.8 Å². The van der Waals surface area contributed by atoms with Gasteiger partial charge in [-0.15, -0.1) is 0 Å². The summed E-state index contributed by atoms with van der Waals surface area (Å²) in [6.45, 7) is 9.55. The van der Waals surface area contributed by atoms with E-state index in [0.717, 1.165) is 69.6 Å². The molecule has 2 saturated heterocycles. The molecule has 0 unspecified atom stereocenters. The molecular weight excluding hydrogens is 422 g/mol. The number of nitrogens with one attached hydrogen (secondary N) is 2. The molecule has 0 bridgehead atoms. The molecule has 11 nitrogen and oxygen atoms in total. The van der Waals surface area contributed by atoms with Crippen LogP contribution in [0.2, 0.25) is 0 Å². The van der Waals surface area contributed by atoms with E-state index in [9.17, 15) is 9.90 Å². The average molecular weight is 450 g/mol. The number of ether oxygens (including phenoxy) is 2. The highest BCUT2D eigenvalue weighted by Gasteiger charge is 2.18. The Morgan fingerprint density at radius 2 is 1.84 bits per heavy atom. The van der Waals surface area contributed by atoms with Crippen LogP contribution in [0.25, 0.3) is 0 Å². The number of rotatable bonds is 8. The first-order valence-corrected chi connectivity index (χ1v) is 11.1. The highest BCUT2D eigenvalue weighted by molar-refractivity contribution is 7.17. The fourth-order valence-electron chi connectivity index (χ4n) is 3.45. The Balaban J connectivity index is 1.49. The van der Waals surface area contributed by atoms with Crippen LogP contribution in [-0.4, -0.2) is 96.6 Å². The fraction of sp³-hybridized carbons (Fsp3) is 0.579. The van der Waals surface area contributed by atoms with Crippen molar-refractivity contribution in [2.24, 2.45) is 0 Å². The summed E-state index contributed by atoms with van der Waals surface area (Å²) in [5.41, 5.74) is 0.466. The monoisotopic (exact) mass is 449 g/mol. The zero-order chi connectivity index (χ0) is 21.6. The lowest BCUT2D eigenvalue weighted by Crippen LogP contribution is -2.39. The summed E-state index contributed by atoms with van der Waals surface area (Å²) in [5.74, 6) is 0.889. The Labute approximate surface area is 184 Å². The van der Waals surface area contributed by atoms with Crippen molar-refractivity contribution >= 4 is 40.0 Å². The molecule has 0 aliphatic carbocycles. The summed E-state index contributed by atoms with van der Waals surface area (Å²) < 4.78 is 10.8. The molecule has 0 aromatic carbocycles. The molecule has 2 aromatic heterocycles. The van der Waals surface area contributed by atoms with Crippen molar-refractivity contribution in [1.29, 1.82) is 0 Å². The van der Waals surface area contributed by atoms with Gasteiger partial charge in [0, 0.05) is 45.3 Å². The predicted octanol–water partition coefficient (Wildman–Crippen LogP) is 1.26. The van der Waals surface area contributed by atoms with Crippen LogP contribution in [0, 0.1) is 6.92 Å². The van der Waals surface area contributed by atoms with E-state index in [2.05, 4.69) is 35.4 Å². The van der Waals surface area contributed by atoms with Gasteiger partial charge in [-0.2, -0.15) is 9.97 Å². The highest BCUT2D eigenvalue weighted by atomic mass is 32.1. The van der Waals surface area contributed by atoms with E-state index < -0.39 is 5.97 Å². The normalized spacial score (nSPS) is 17.5. The first kappa shape index (κ1) is 21.7. The molecule has 2 aliphatic rings. The smallest absolute Gasteiger partial charge is 0.347 e. The van der Waals surface area contributed by atoms with E-state index in [1.165, 1.54) is 0 Å². The van der Waals surface area contributed by atoms with Gasteiger partial charge in [0.05, 0.1) is 32.1 Å². The highest BCUT2D eigenvalue weighted by Crippen LogP contribution is 2.26. The van der Waals surface area contributed by atoms with E-state index in [1.807, 2.05) is 6.07 Å². The number of morpholine rings is 2. The van der Waals surface area contributed by atoms with Crippen LogP contribution >= 0.6 is 11.3 Å². The number of carboxylic acid groups (broad SMARTS) is 1. The molecule has 2 aromatic rings. The number of anilines is 4. The minimum atomic E-state index is -0.989. The average Bonchev–Trinajstić information content (AvgIpc) is 3.15. The molecule has 31 heavy (non-hydrogen) atoms. The molecule has 0 spiro atoms. The summed E-state index contributed by atoms with van der Waals surface area (Å²) in [4.78, 5) is 29.5. The summed E-state index contributed by atoms with van der Waals surface area (Å²) in [6.07, 6.45) is 0. The molecule has 0 amide bonds. The second-order valence-corrected chi connectivity index (χ2v) is 8.28. The maximum Gasteiger partial charge on any atom is 0.347 e.